The molecule has 0 radical (unpaired) electrons. The molecule has 0 saturated carbocycles. The first-order valence-corrected chi connectivity index (χ1v) is 6.39. The molecule has 0 amide bonds. The predicted molar refractivity (Wildman–Crippen MR) is 60.5 cm³/mol. The summed E-state index contributed by atoms with van der Waals surface area (Å²) >= 11 is 0. The van der Waals surface area contributed by atoms with Gasteiger partial charge in [-0.1, -0.05) is 9.04 Å². The minimum Gasteiger partial charge on any atom is -0.484 e. The molecule has 0 aliphatic heterocycles. The number of nitrogens with zero attached hydrogens (tertiary/aromatic N) is 2. The third-order valence-electron chi connectivity index (χ3n) is 1.95. The van der Waals surface area contributed by atoms with E-state index in [1.807, 2.05) is 0 Å². The maximum absolute atomic E-state index is 12.2. The smallest absolute Gasteiger partial charge is 0.484 e. The van der Waals surface area contributed by atoms with E-state index in [1.54, 1.807) is 6.92 Å². The van der Waals surface area contributed by atoms with Crippen LogP contribution < -0.4 is 8.92 Å². The molecule has 0 N–H and O–H groups in total. The average molecular weight is 288 g/mol. The first-order valence-electron chi connectivity index (χ1n) is 5.08. The second-order valence-corrected chi connectivity index (χ2v) is 4.42. The Kier molecular flexibility index (Phi) is 3.65. The maximum atomic E-state index is 12.2. The SMILES string of the molecule is Cc1noc(COc2ccc(OS(=O)(=O)F)cc2)n1. The number of aromatic nitrogens is 2. The Balaban J connectivity index is 1.95. The van der Waals surface area contributed by atoms with Gasteiger partial charge in [-0.05, 0) is 31.2 Å². The lowest BCUT2D eigenvalue weighted by atomic mass is 10.3. The summed E-state index contributed by atoms with van der Waals surface area (Å²) in [6.45, 7) is 1.75. The van der Waals surface area contributed by atoms with E-state index in [0.29, 0.717) is 17.5 Å². The van der Waals surface area contributed by atoms with Crippen molar-refractivity contribution >= 4 is 10.5 Å². The fourth-order valence-corrected chi connectivity index (χ4v) is 1.59. The normalized spacial score (nSPS) is 11.3. The van der Waals surface area contributed by atoms with Crippen LogP contribution in [0, 0.1) is 6.92 Å². The fraction of sp³-hybridized carbons (Fsp3) is 0.200. The third-order valence-corrected chi connectivity index (χ3v) is 2.34. The van der Waals surface area contributed by atoms with Gasteiger partial charge < -0.3 is 13.4 Å². The molecule has 0 aliphatic carbocycles. The standard InChI is InChI=1S/C10H9FN2O5S/c1-7-12-10(17-13-7)6-16-8-2-4-9(5-3-8)18-19(11,14)15/h2-5H,6H2,1H3. The van der Waals surface area contributed by atoms with E-state index in [4.69, 9.17) is 9.26 Å². The number of rotatable bonds is 5. The summed E-state index contributed by atoms with van der Waals surface area (Å²) in [5.41, 5.74) is 0. The van der Waals surface area contributed by atoms with Crippen molar-refractivity contribution in [3.05, 3.63) is 36.0 Å². The molecule has 0 atom stereocenters. The Labute approximate surface area is 108 Å². The van der Waals surface area contributed by atoms with Crippen LogP contribution >= 0.6 is 0 Å². The van der Waals surface area contributed by atoms with Crippen molar-refractivity contribution in [3.63, 3.8) is 0 Å². The Morgan fingerprint density at radius 2 is 1.89 bits per heavy atom. The summed E-state index contributed by atoms with van der Waals surface area (Å²) in [5, 5.41) is 3.59. The van der Waals surface area contributed by atoms with Gasteiger partial charge >= 0.3 is 10.5 Å². The second kappa shape index (κ2) is 5.22. The third kappa shape index (κ3) is 4.21. The van der Waals surface area contributed by atoms with Crippen LogP contribution in [0.25, 0.3) is 0 Å². The number of hydrogen-bond donors (Lipinski definition) is 0. The van der Waals surface area contributed by atoms with Gasteiger partial charge in [-0.3, -0.25) is 0 Å². The molecule has 7 nitrogen and oxygen atoms in total. The molecule has 0 unspecified atom stereocenters. The van der Waals surface area contributed by atoms with Crippen LogP contribution in [-0.2, 0) is 17.1 Å². The van der Waals surface area contributed by atoms with Crippen LogP contribution in [0.15, 0.2) is 28.8 Å². The molecule has 9 heteroatoms. The lowest BCUT2D eigenvalue weighted by Gasteiger charge is -2.04. The van der Waals surface area contributed by atoms with E-state index >= 15 is 0 Å². The Bertz CT molecular complexity index is 653. The van der Waals surface area contributed by atoms with Crippen molar-refractivity contribution in [1.29, 1.82) is 0 Å². The molecule has 1 heterocycles. The van der Waals surface area contributed by atoms with Crippen molar-refractivity contribution in [1.82, 2.24) is 10.1 Å². The first-order chi connectivity index (χ1) is 8.92. The van der Waals surface area contributed by atoms with Crippen LogP contribution in [0.1, 0.15) is 11.7 Å². The van der Waals surface area contributed by atoms with Gasteiger partial charge in [-0.15, -0.1) is 0 Å². The van der Waals surface area contributed by atoms with Crippen LogP contribution in [0.2, 0.25) is 0 Å². The largest absolute Gasteiger partial charge is 0.488 e. The highest BCUT2D eigenvalue weighted by Crippen LogP contribution is 2.20. The van der Waals surface area contributed by atoms with Crippen molar-refractivity contribution in [3.8, 4) is 11.5 Å². The van der Waals surface area contributed by atoms with E-state index in [1.165, 1.54) is 24.3 Å². The van der Waals surface area contributed by atoms with E-state index in [9.17, 15) is 12.3 Å². The molecular formula is C10H9FN2O5S. The lowest BCUT2D eigenvalue weighted by molar-refractivity contribution is 0.242. The summed E-state index contributed by atoms with van der Waals surface area (Å²) in [6, 6.07) is 5.35. The molecular weight excluding hydrogens is 279 g/mol. The Morgan fingerprint density at radius 3 is 2.42 bits per heavy atom. The Hall–Kier alpha value is -2.16. The zero-order valence-corrected chi connectivity index (χ0v) is 10.6. The van der Waals surface area contributed by atoms with Gasteiger partial charge in [-0.2, -0.15) is 13.4 Å². The molecule has 0 fully saturated rings. The minimum atomic E-state index is -5.02. The van der Waals surface area contributed by atoms with Gasteiger partial charge in [0.25, 0.3) is 5.89 Å². The molecule has 0 aliphatic rings. The van der Waals surface area contributed by atoms with E-state index in [2.05, 4.69) is 14.3 Å². The van der Waals surface area contributed by atoms with Crippen LogP contribution in [-0.4, -0.2) is 18.6 Å². The van der Waals surface area contributed by atoms with Crippen LogP contribution in [0.4, 0.5) is 3.89 Å². The van der Waals surface area contributed by atoms with Gasteiger partial charge in [0.05, 0.1) is 0 Å². The highest BCUT2D eigenvalue weighted by atomic mass is 32.3. The molecule has 0 bridgehead atoms. The molecule has 2 rings (SSSR count). The highest BCUT2D eigenvalue weighted by Gasteiger charge is 2.09. The van der Waals surface area contributed by atoms with Crippen molar-refractivity contribution < 1.29 is 25.7 Å². The minimum absolute atomic E-state index is 0.0719. The highest BCUT2D eigenvalue weighted by molar-refractivity contribution is 7.81. The van der Waals surface area contributed by atoms with Gasteiger partial charge in [0, 0.05) is 0 Å². The van der Waals surface area contributed by atoms with E-state index in [-0.39, 0.29) is 12.4 Å². The molecule has 2 aromatic rings. The van der Waals surface area contributed by atoms with E-state index < -0.39 is 10.5 Å². The second-order valence-electron chi connectivity index (χ2n) is 3.47. The zero-order valence-electron chi connectivity index (χ0n) is 9.74. The summed E-state index contributed by atoms with van der Waals surface area (Å²) in [6.07, 6.45) is 0. The fourth-order valence-electron chi connectivity index (χ4n) is 1.25. The van der Waals surface area contributed by atoms with Crippen molar-refractivity contribution in [2.24, 2.45) is 0 Å². The lowest BCUT2D eigenvalue weighted by Crippen LogP contribution is -2.01. The predicted octanol–water partition coefficient (Wildman–Crippen LogP) is 1.55. The molecule has 19 heavy (non-hydrogen) atoms. The first kappa shape index (κ1) is 13.3. The number of ether oxygens (including phenoxy) is 1. The monoisotopic (exact) mass is 288 g/mol. The average Bonchev–Trinajstić information content (AvgIpc) is 2.72. The number of hydrogen-bond acceptors (Lipinski definition) is 7. The zero-order chi connectivity index (χ0) is 13.9. The molecule has 0 spiro atoms. The maximum Gasteiger partial charge on any atom is 0.488 e. The Morgan fingerprint density at radius 1 is 1.26 bits per heavy atom. The number of aryl methyl sites for hydroxylation is 1. The topological polar surface area (TPSA) is 91.5 Å². The summed E-state index contributed by atoms with van der Waals surface area (Å²) in [4.78, 5) is 3.94. The number of halogens is 1. The quantitative estimate of drug-likeness (QED) is 0.771. The van der Waals surface area contributed by atoms with Crippen LogP contribution in [0.3, 0.4) is 0 Å². The van der Waals surface area contributed by atoms with Crippen molar-refractivity contribution in [2.75, 3.05) is 0 Å². The molecule has 0 saturated heterocycles. The van der Waals surface area contributed by atoms with Gasteiger partial charge in [0.1, 0.15) is 11.5 Å². The van der Waals surface area contributed by atoms with Gasteiger partial charge in [-0.25, -0.2) is 0 Å². The molecule has 1 aromatic heterocycles. The number of benzene rings is 1. The van der Waals surface area contributed by atoms with Crippen LogP contribution in [0.5, 0.6) is 11.5 Å². The summed E-state index contributed by atoms with van der Waals surface area (Å²) in [7, 11) is -5.02. The van der Waals surface area contributed by atoms with Gasteiger partial charge in [0.15, 0.2) is 12.4 Å². The van der Waals surface area contributed by atoms with Gasteiger partial charge in [0.2, 0.25) is 0 Å². The summed E-state index contributed by atoms with van der Waals surface area (Å²) in [5.74, 6) is 1.07. The molecule has 102 valence electrons. The summed E-state index contributed by atoms with van der Waals surface area (Å²) < 4.78 is 46.9. The van der Waals surface area contributed by atoms with Crippen molar-refractivity contribution in [2.45, 2.75) is 13.5 Å². The van der Waals surface area contributed by atoms with E-state index in [0.717, 1.165) is 0 Å². The molecule has 1 aromatic carbocycles.